The highest BCUT2D eigenvalue weighted by Gasteiger charge is 2.35. The van der Waals surface area contributed by atoms with Crippen molar-refractivity contribution in [3.63, 3.8) is 0 Å². The Morgan fingerprint density at radius 3 is 2.57 bits per heavy atom. The molecule has 2 fully saturated rings. The fourth-order valence-electron chi connectivity index (χ4n) is 3.55. The first kappa shape index (κ1) is 17.6. The Balaban J connectivity index is 1.85. The maximum Gasteiger partial charge on any atom is 0.317 e. The standard InChI is InChI=1S/C16H26N2O5/c1-3-23-15(21)11-4-5-13(7-11)17-16(22)18-8-10(2)6-12(9-18)14(19)20/h10-13H,3-9H2,1-2H3,(H,17,22)(H,19,20)/t10?,11-,12?,13+/m1/s1. The van der Waals surface area contributed by atoms with E-state index in [1.165, 1.54) is 0 Å². The summed E-state index contributed by atoms with van der Waals surface area (Å²) in [7, 11) is 0. The summed E-state index contributed by atoms with van der Waals surface area (Å²) in [6, 6.07) is -0.269. The zero-order chi connectivity index (χ0) is 17.0. The number of esters is 1. The monoisotopic (exact) mass is 326 g/mol. The minimum atomic E-state index is -0.849. The van der Waals surface area contributed by atoms with E-state index in [0.717, 1.165) is 12.8 Å². The van der Waals surface area contributed by atoms with Crippen LogP contribution < -0.4 is 5.32 Å². The highest BCUT2D eigenvalue weighted by atomic mass is 16.5. The summed E-state index contributed by atoms with van der Waals surface area (Å²) in [6.07, 6.45) is 2.67. The average molecular weight is 326 g/mol. The van der Waals surface area contributed by atoms with Gasteiger partial charge in [0.15, 0.2) is 0 Å². The van der Waals surface area contributed by atoms with Crippen molar-refractivity contribution in [3.05, 3.63) is 0 Å². The molecule has 1 aliphatic heterocycles. The van der Waals surface area contributed by atoms with Crippen LogP contribution in [0.4, 0.5) is 4.79 Å². The number of carbonyl (C=O) groups is 3. The van der Waals surface area contributed by atoms with Crippen molar-refractivity contribution in [1.82, 2.24) is 10.2 Å². The first-order valence-electron chi connectivity index (χ1n) is 8.35. The molecular formula is C16H26N2O5. The Kier molecular flexibility index (Phi) is 5.85. The third-order valence-corrected chi connectivity index (χ3v) is 4.68. The maximum absolute atomic E-state index is 12.4. The molecule has 1 heterocycles. The summed E-state index contributed by atoms with van der Waals surface area (Å²) in [5.74, 6) is -1.52. The smallest absolute Gasteiger partial charge is 0.317 e. The minimum Gasteiger partial charge on any atom is -0.481 e. The lowest BCUT2D eigenvalue weighted by Gasteiger charge is -2.35. The predicted molar refractivity (Wildman–Crippen MR) is 82.8 cm³/mol. The van der Waals surface area contributed by atoms with Crippen molar-refractivity contribution >= 4 is 18.0 Å². The zero-order valence-electron chi connectivity index (χ0n) is 13.8. The summed E-state index contributed by atoms with van der Waals surface area (Å²) in [4.78, 5) is 36.9. The lowest BCUT2D eigenvalue weighted by Crippen LogP contribution is -2.51. The van der Waals surface area contributed by atoms with Crippen LogP contribution in [0.2, 0.25) is 0 Å². The largest absolute Gasteiger partial charge is 0.481 e. The van der Waals surface area contributed by atoms with Crippen LogP contribution in [0.3, 0.4) is 0 Å². The average Bonchev–Trinajstić information content (AvgIpc) is 2.95. The molecule has 2 unspecified atom stereocenters. The number of carboxylic acid groups (broad SMARTS) is 1. The number of hydrogen-bond donors (Lipinski definition) is 2. The Hall–Kier alpha value is -1.79. The lowest BCUT2D eigenvalue weighted by atomic mass is 9.91. The van der Waals surface area contributed by atoms with Crippen LogP contribution in [0, 0.1) is 17.8 Å². The number of urea groups is 1. The van der Waals surface area contributed by atoms with Crippen molar-refractivity contribution in [2.24, 2.45) is 17.8 Å². The molecule has 1 aliphatic carbocycles. The maximum atomic E-state index is 12.4. The quantitative estimate of drug-likeness (QED) is 0.763. The van der Waals surface area contributed by atoms with Gasteiger partial charge >= 0.3 is 18.0 Å². The molecule has 1 saturated heterocycles. The summed E-state index contributed by atoms with van der Waals surface area (Å²) < 4.78 is 5.02. The molecule has 2 amide bonds. The van der Waals surface area contributed by atoms with Crippen molar-refractivity contribution < 1.29 is 24.2 Å². The molecule has 2 rings (SSSR count). The van der Waals surface area contributed by atoms with Crippen molar-refractivity contribution in [1.29, 1.82) is 0 Å². The first-order valence-corrected chi connectivity index (χ1v) is 8.35. The molecule has 1 saturated carbocycles. The van der Waals surface area contributed by atoms with Gasteiger partial charge in [0.2, 0.25) is 0 Å². The molecule has 0 aromatic rings. The normalized spacial score (nSPS) is 30.8. The van der Waals surface area contributed by atoms with Gasteiger partial charge in [-0.2, -0.15) is 0 Å². The second-order valence-corrected chi connectivity index (χ2v) is 6.69. The van der Waals surface area contributed by atoms with Crippen LogP contribution in [-0.4, -0.2) is 53.7 Å². The second kappa shape index (κ2) is 7.66. The van der Waals surface area contributed by atoms with E-state index in [1.54, 1.807) is 11.8 Å². The number of carboxylic acids is 1. The molecule has 4 atom stereocenters. The van der Waals surface area contributed by atoms with Gasteiger partial charge in [0.05, 0.1) is 18.4 Å². The number of nitrogens with one attached hydrogen (secondary N) is 1. The molecule has 2 N–H and O–H groups in total. The van der Waals surface area contributed by atoms with E-state index in [1.807, 2.05) is 6.92 Å². The number of amides is 2. The van der Waals surface area contributed by atoms with Gasteiger partial charge in [0.25, 0.3) is 0 Å². The Morgan fingerprint density at radius 1 is 1.17 bits per heavy atom. The van der Waals surface area contributed by atoms with Crippen LogP contribution in [-0.2, 0) is 14.3 Å². The minimum absolute atomic E-state index is 0.0441. The van der Waals surface area contributed by atoms with Crippen LogP contribution in [0.1, 0.15) is 39.5 Å². The van der Waals surface area contributed by atoms with Gasteiger partial charge < -0.3 is 20.1 Å². The Morgan fingerprint density at radius 2 is 1.91 bits per heavy atom. The summed E-state index contributed by atoms with van der Waals surface area (Å²) in [5, 5.41) is 12.1. The molecule has 7 heteroatoms. The van der Waals surface area contributed by atoms with Crippen molar-refractivity contribution in [3.8, 4) is 0 Å². The number of carbonyl (C=O) groups excluding carboxylic acids is 2. The fourth-order valence-corrected chi connectivity index (χ4v) is 3.55. The number of piperidine rings is 1. The topological polar surface area (TPSA) is 95.9 Å². The van der Waals surface area contributed by atoms with E-state index in [-0.39, 0.29) is 36.4 Å². The number of ether oxygens (including phenoxy) is 1. The molecular weight excluding hydrogens is 300 g/mol. The van der Waals surface area contributed by atoms with Crippen molar-refractivity contribution in [2.45, 2.75) is 45.6 Å². The number of hydrogen-bond acceptors (Lipinski definition) is 4. The molecule has 130 valence electrons. The summed E-state index contributed by atoms with van der Waals surface area (Å²) in [6.45, 7) is 4.93. The van der Waals surface area contributed by atoms with Gasteiger partial charge in [0.1, 0.15) is 0 Å². The Bertz CT molecular complexity index is 467. The van der Waals surface area contributed by atoms with E-state index in [2.05, 4.69) is 5.32 Å². The van der Waals surface area contributed by atoms with Crippen LogP contribution >= 0.6 is 0 Å². The summed E-state index contributed by atoms with van der Waals surface area (Å²) in [5.41, 5.74) is 0. The van der Waals surface area contributed by atoms with Gasteiger partial charge in [-0.25, -0.2) is 4.79 Å². The van der Waals surface area contributed by atoms with Crippen LogP contribution in [0.15, 0.2) is 0 Å². The van der Waals surface area contributed by atoms with Gasteiger partial charge in [-0.15, -0.1) is 0 Å². The van der Waals surface area contributed by atoms with Crippen LogP contribution in [0.25, 0.3) is 0 Å². The van der Waals surface area contributed by atoms with Gasteiger partial charge in [0, 0.05) is 19.1 Å². The predicted octanol–water partition coefficient (Wildman–Crippen LogP) is 1.47. The highest BCUT2D eigenvalue weighted by molar-refractivity contribution is 5.77. The lowest BCUT2D eigenvalue weighted by molar-refractivity contribution is -0.148. The van der Waals surface area contributed by atoms with Gasteiger partial charge in [-0.1, -0.05) is 6.92 Å². The van der Waals surface area contributed by atoms with Gasteiger partial charge in [-0.05, 0) is 38.5 Å². The summed E-state index contributed by atoms with van der Waals surface area (Å²) >= 11 is 0. The molecule has 0 aromatic heterocycles. The molecule has 0 bridgehead atoms. The van der Waals surface area contributed by atoms with E-state index in [9.17, 15) is 19.5 Å². The van der Waals surface area contributed by atoms with Crippen molar-refractivity contribution in [2.75, 3.05) is 19.7 Å². The molecule has 0 aromatic carbocycles. The van der Waals surface area contributed by atoms with E-state index in [0.29, 0.717) is 26.0 Å². The second-order valence-electron chi connectivity index (χ2n) is 6.69. The zero-order valence-corrected chi connectivity index (χ0v) is 13.8. The number of aliphatic carboxylic acids is 1. The third kappa shape index (κ3) is 4.59. The first-order chi connectivity index (χ1) is 10.9. The molecule has 7 nitrogen and oxygen atoms in total. The van der Waals surface area contributed by atoms with E-state index >= 15 is 0 Å². The van der Waals surface area contributed by atoms with E-state index < -0.39 is 11.9 Å². The SMILES string of the molecule is CCOC(=O)[C@@H]1CC[C@H](NC(=O)N2CC(C)CC(C(=O)O)C2)C1. The third-order valence-electron chi connectivity index (χ3n) is 4.68. The fraction of sp³-hybridized carbons (Fsp3) is 0.812. The molecule has 2 aliphatic rings. The van der Waals surface area contributed by atoms with Gasteiger partial charge in [-0.3, -0.25) is 9.59 Å². The molecule has 23 heavy (non-hydrogen) atoms. The van der Waals surface area contributed by atoms with Crippen LogP contribution in [0.5, 0.6) is 0 Å². The Labute approximate surface area is 136 Å². The highest BCUT2D eigenvalue weighted by Crippen LogP contribution is 2.27. The molecule has 0 radical (unpaired) electrons. The molecule has 0 spiro atoms. The number of rotatable bonds is 4. The number of nitrogens with zero attached hydrogens (tertiary/aromatic N) is 1. The number of likely N-dealkylation sites (tertiary alicyclic amines) is 1. The van der Waals surface area contributed by atoms with E-state index in [4.69, 9.17) is 4.74 Å².